The largest absolute Gasteiger partial charge is 0.463 e. The van der Waals surface area contributed by atoms with Crippen molar-refractivity contribution < 1.29 is 14.6 Å². The van der Waals surface area contributed by atoms with E-state index < -0.39 is 29.6 Å². The second-order valence-electron chi connectivity index (χ2n) is 3.78. The minimum absolute atomic E-state index is 0.0572. The summed E-state index contributed by atoms with van der Waals surface area (Å²) in [5.41, 5.74) is -1.21. The van der Waals surface area contributed by atoms with E-state index in [-0.39, 0.29) is 9.99 Å². The van der Waals surface area contributed by atoms with E-state index in [2.05, 4.69) is 4.98 Å². The molecule has 1 unspecified atom stereocenters. The summed E-state index contributed by atoms with van der Waals surface area (Å²) in [7, 11) is 0. The summed E-state index contributed by atoms with van der Waals surface area (Å²) in [6.45, 7) is 2.87. The van der Waals surface area contributed by atoms with Crippen LogP contribution in [0.25, 0.3) is 0 Å². The van der Waals surface area contributed by atoms with Crippen molar-refractivity contribution >= 4 is 28.6 Å². The van der Waals surface area contributed by atoms with E-state index in [0.717, 1.165) is 4.57 Å². The van der Waals surface area contributed by atoms with Gasteiger partial charge in [-0.3, -0.25) is 19.1 Å². The van der Waals surface area contributed by atoms with Gasteiger partial charge in [-0.05, 0) is 29.5 Å². The van der Waals surface area contributed by atoms with E-state index in [9.17, 15) is 19.5 Å². The molecule has 0 radical (unpaired) electrons. The molecule has 1 heterocycles. The molecule has 2 N–H and O–H groups in total. The lowest BCUT2D eigenvalue weighted by molar-refractivity contribution is -0.147. The van der Waals surface area contributed by atoms with Gasteiger partial charge in [-0.15, -0.1) is 0 Å². The minimum Gasteiger partial charge on any atom is -0.463 e. The Bertz CT molecular complexity index is 550. The van der Waals surface area contributed by atoms with Crippen LogP contribution in [-0.2, 0) is 9.53 Å². The van der Waals surface area contributed by atoms with Crippen LogP contribution in [0.5, 0.6) is 0 Å². The number of carbonyl (C=O) groups excluding carboxylic acids is 1. The first-order valence-corrected chi connectivity index (χ1v) is 6.25. The number of H-pyrrole nitrogens is 1. The zero-order valence-electron chi connectivity index (χ0n) is 9.84. The van der Waals surface area contributed by atoms with Crippen molar-refractivity contribution in [3.05, 3.63) is 30.6 Å². The number of aliphatic hydroxyl groups excluding tert-OH is 1. The fraction of sp³-hybridized carbons (Fsp3) is 0.500. The second-order valence-corrected chi connectivity index (χ2v) is 4.94. The van der Waals surface area contributed by atoms with Crippen molar-refractivity contribution in [2.24, 2.45) is 0 Å². The zero-order chi connectivity index (χ0) is 13.9. The van der Waals surface area contributed by atoms with Gasteiger partial charge >= 0.3 is 11.7 Å². The number of halogens is 1. The smallest absolute Gasteiger partial charge is 0.330 e. The number of nitrogens with zero attached hydrogens (tertiary/aromatic N) is 1. The van der Waals surface area contributed by atoms with Crippen LogP contribution in [0, 0.1) is 3.57 Å². The number of rotatable bonds is 4. The average molecular weight is 368 g/mol. The summed E-state index contributed by atoms with van der Waals surface area (Å²) < 4.78 is 6.12. The number of esters is 1. The van der Waals surface area contributed by atoms with Crippen molar-refractivity contribution in [2.75, 3.05) is 0 Å². The summed E-state index contributed by atoms with van der Waals surface area (Å²) >= 11 is 1.75. The molecular formula is C10H13IN2O5. The summed E-state index contributed by atoms with van der Waals surface area (Å²) in [5.74, 6) is -0.460. The number of carbonyl (C=O) groups is 1. The predicted molar refractivity (Wildman–Crippen MR) is 71.1 cm³/mol. The highest BCUT2D eigenvalue weighted by Gasteiger charge is 2.16. The van der Waals surface area contributed by atoms with Crippen LogP contribution in [-0.4, -0.2) is 26.7 Å². The topological polar surface area (TPSA) is 101 Å². The van der Waals surface area contributed by atoms with Crippen LogP contribution >= 0.6 is 22.6 Å². The van der Waals surface area contributed by atoms with E-state index in [1.165, 1.54) is 13.1 Å². The molecule has 8 heteroatoms. The van der Waals surface area contributed by atoms with Gasteiger partial charge in [0.05, 0.1) is 3.57 Å². The summed E-state index contributed by atoms with van der Waals surface area (Å²) in [6.07, 6.45) is -0.389. The van der Waals surface area contributed by atoms with Gasteiger partial charge in [0.15, 0.2) is 0 Å². The molecule has 0 fully saturated rings. The van der Waals surface area contributed by atoms with Gasteiger partial charge < -0.3 is 9.84 Å². The third-order valence-corrected chi connectivity index (χ3v) is 2.92. The molecule has 0 saturated carbocycles. The Balaban J connectivity index is 2.88. The molecule has 0 aliphatic carbocycles. The third kappa shape index (κ3) is 3.95. The van der Waals surface area contributed by atoms with E-state index in [4.69, 9.17) is 4.74 Å². The maximum absolute atomic E-state index is 11.5. The van der Waals surface area contributed by atoms with E-state index in [0.29, 0.717) is 0 Å². The summed E-state index contributed by atoms with van der Waals surface area (Å²) in [4.78, 5) is 35.4. The number of aromatic nitrogens is 2. The highest BCUT2D eigenvalue weighted by atomic mass is 127. The van der Waals surface area contributed by atoms with Gasteiger partial charge in [-0.25, -0.2) is 4.79 Å². The lowest BCUT2D eigenvalue weighted by Gasteiger charge is -2.18. The predicted octanol–water partition coefficient (Wildman–Crippen LogP) is -0.0262. The van der Waals surface area contributed by atoms with Crippen molar-refractivity contribution in [2.45, 2.75) is 32.6 Å². The Hall–Kier alpha value is -1.16. The SMILES string of the molecule is CC(=O)OC(C)C[C@@H](O)n1cc(I)c(=O)[nH]c1=O. The Kier molecular flexibility index (Phi) is 5.08. The van der Waals surface area contributed by atoms with Gasteiger partial charge in [-0.1, -0.05) is 0 Å². The number of ether oxygens (including phenoxy) is 1. The molecule has 0 bridgehead atoms. The minimum atomic E-state index is -1.17. The van der Waals surface area contributed by atoms with Crippen molar-refractivity contribution in [3.63, 3.8) is 0 Å². The monoisotopic (exact) mass is 368 g/mol. The van der Waals surface area contributed by atoms with Crippen molar-refractivity contribution in [1.82, 2.24) is 9.55 Å². The standard InChI is InChI=1S/C10H13IN2O5/c1-5(18-6(2)14)3-8(15)13-4-7(11)9(16)12-10(13)17/h4-5,8,15H,3H2,1-2H3,(H,12,16,17)/t5?,8-/m1/s1. The van der Waals surface area contributed by atoms with Gasteiger partial charge in [0.25, 0.3) is 5.56 Å². The normalized spacial score (nSPS) is 14.0. The van der Waals surface area contributed by atoms with Gasteiger partial charge in [-0.2, -0.15) is 0 Å². The number of hydrogen-bond acceptors (Lipinski definition) is 5. The van der Waals surface area contributed by atoms with Crippen LogP contribution in [0.4, 0.5) is 0 Å². The molecule has 0 aromatic carbocycles. The van der Waals surface area contributed by atoms with Crippen LogP contribution in [0.2, 0.25) is 0 Å². The first-order chi connectivity index (χ1) is 8.31. The van der Waals surface area contributed by atoms with Crippen LogP contribution < -0.4 is 11.2 Å². The summed E-state index contributed by atoms with van der Waals surface area (Å²) in [6, 6.07) is 0. The molecular weight excluding hydrogens is 355 g/mol. The molecule has 0 saturated heterocycles. The van der Waals surface area contributed by atoms with E-state index in [1.54, 1.807) is 29.5 Å². The van der Waals surface area contributed by atoms with Crippen molar-refractivity contribution in [3.8, 4) is 0 Å². The van der Waals surface area contributed by atoms with Crippen LogP contribution in [0.15, 0.2) is 15.8 Å². The average Bonchev–Trinajstić information content (AvgIpc) is 2.21. The van der Waals surface area contributed by atoms with Gasteiger partial charge in [0.1, 0.15) is 12.3 Å². The lowest BCUT2D eigenvalue weighted by atomic mass is 10.2. The molecule has 100 valence electrons. The number of aromatic amines is 1. The Labute approximate surface area is 116 Å². The molecule has 0 spiro atoms. The number of aliphatic hydroxyl groups is 1. The molecule has 0 aliphatic heterocycles. The van der Waals surface area contributed by atoms with Gasteiger partial charge in [0, 0.05) is 19.5 Å². The first-order valence-electron chi connectivity index (χ1n) is 5.17. The summed E-state index contributed by atoms with van der Waals surface area (Å²) in [5, 5.41) is 9.85. The third-order valence-electron chi connectivity index (χ3n) is 2.16. The molecule has 18 heavy (non-hydrogen) atoms. The van der Waals surface area contributed by atoms with Crippen molar-refractivity contribution in [1.29, 1.82) is 0 Å². The number of hydrogen-bond donors (Lipinski definition) is 2. The maximum atomic E-state index is 11.5. The highest BCUT2D eigenvalue weighted by Crippen LogP contribution is 2.11. The molecule has 7 nitrogen and oxygen atoms in total. The fourth-order valence-corrected chi connectivity index (χ4v) is 1.86. The van der Waals surface area contributed by atoms with E-state index in [1.807, 2.05) is 0 Å². The highest BCUT2D eigenvalue weighted by molar-refractivity contribution is 14.1. The lowest BCUT2D eigenvalue weighted by Crippen LogP contribution is -2.34. The molecule has 1 aromatic rings. The fourth-order valence-electron chi connectivity index (χ4n) is 1.42. The Morgan fingerprint density at radius 1 is 1.61 bits per heavy atom. The zero-order valence-corrected chi connectivity index (χ0v) is 12.0. The molecule has 0 amide bonds. The Morgan fingerprint density at radius 2 is 2.22 bits per heavy atom. The quantitative estimate of drug-likeness (QED) is 0.574. The van der Waals surface area contributed by atoms with E-state index >= 15 is 0 Å². The number of nitrogens with one attached hydrogen (secondary N) is 1. The molecule has 1 aromatic heterocycles. The molecule has 0 aliphatic rings. The Morgan fingerprint density at radius 3 is 2.78 bits per heavy atom. The maximum Gasteiger partial charge on any atom is 0.330 e. The van der Waals surface area contributed by atoms with Crippen LogP contribution in [0.1, 0.15) is 26.5 Å². The first kappa shape index (κ1) is 14.9. The molecule has 2 atom stereocenters. The van der Waals surface area contributed by atoms with Gasteiger partial charge in [0.2, 0.25) is 0 Å². The van der Waals surface area contributed by atoms with Crippen LogP contribution in [0.3, 0.4) is 0 Å². The molecule has 1 rings (SSSR count). The second kappa shape index (κ2) is 6.14.